The molecular weight excluding hydrogens is 250 g/mol. The van der Waals surface area contributed by atoms with Crippen LogP contribution in [0.2, 0.25) is 0 Å². The zero-order chi connectivity index (χ0) is 14.6. The van der Waals surface area contributed by atoms with Gasteiger partial charge in [0.2, 0.25) is 17.7 Å². The Kier molecular flexibility index (Phi) is 5.05. The van der Waals surface area contributed by atoms with Crippen molar-refractivity contribution in [2.45, 2.75) is 38.0 Å². The topological polar surface area (TPSA) is 113 Å². The van der Waals surface area contributed by atoms with Crippen molar-refractivity contribution < 1.29 is 19.5 Å². The van der Waals surface area contributed by atoms with Crippen molar-refractivity contribution in [3.63, 3.8) is 0 Å². The summed E-state index contributed by atoms with van der Waals surface area (Å²) in [4.78, 5) is 35.8. The Morgan fingerprint density at radius 1 is 1.58 bits per heavy atom. The molecule has 19 heavy (non-hydrogen) atoms. The van der Waals surface area contributed by atoms with E-state index >= 15 is 0 Å². The van der Waals surface area contributed by atoms with Gasteiger partial charge in [-0.15, -0.1) is 6.58 Å². The molecule has 0 unspecified atom stereocenters. The second-order valence-electron chi connectivity index (χ2n) is 4.56. The molecule has 106 valence electrons. The highest BCUT2D eigenvalue weighted by Crippen LogP contribution is 2.18. The van der Waals surface area contributed by atoms with E-state index in [0.717, 1.165) is 0 Å². The standard InChI is InChI=1S/C12H19N3O4/c1-3-4-9(11(13)18)14-12(19)10-5-8(17)6-15(10)7(2)16/h3,8-10,17H,1,4-6H2,2H3,(H2,13,18)(H,14,19)/t8-,9-,10+/m1/s1. The molecule has 0 aromatic rings. The minimum Gasteiger partial charge on any atom is -0.391 e. The van der Waals surface area contributed by atoms with Crippen molar-refractivity contribution in [1.29, 1.82) is 0 Å². The molecule has 1 rings (SSSR count). The van der Waals surface area contributed by atoms with Crippen LogP contribution in [0.4, 0.5) is 0 Å². The van der Waals surface area contributed by atoms with Gasteiger partial charge in [-0.3, -0.25) is 14.4 Å². The molecule has 1 saturated heterocycles. The van der Waals surface area contributed by atoms with Crippen molar-refractivity contribution in [3.05, 3.63) is 12.7 Å². The molecule has 3 atom stereocenters. The Labute approximate surface area is 111 Å². The number of nitrogens with one attached hydrogen (secondary N) is 1. The third-order valence-corrected chi connectivity index (χ3v) is 3.05. The molecule has 0 aromatic heterocycles. The quantitative estimate of drug-likeness (QED) is 0.528. The van der Waals surface area contributed by atoms with Gasteiger partial charge in [-0.05, 0) is 6.42 Å². The van der Waals surface area contributed by atoms with E-state index in [9.17, 15) is 19.5 Å². The van der Waals surface area contributed by atoms with Crippen LogP contribution in [-0.2, 0) is 14.4 Å². The molecule has 1 heterocycles. The number of primary amides is 1. The van der Waals surface area contributed by atoms with Gasteiger partial charge in [-0.25, -0.2) is 0 Å². The average molecular weight is 269 g/mol. The maximum absolute atomic E-state index is 12.0. The van der Waals surface area contributed by atoms with Crippen LogP contribution in [0, 0.1) is 0 Å². The molecule has 1 aliphatic heterocycles. The van der Waals surface area contributed by atoms with Crippen LogP contribution >= 0.6 is 0 Å². The lowest BCUT2D eigenvalue weighted by Gasteiger charge is -2.24. The number of carbonyl (C=O) groups excluding carboxylic acids is 3. The van der Waals surface area contributed by atoms with Crippen LogP contribution in [0.15, 0.2) is 12.7 Å². The fourth-order valence-corrected chi connectivity index (χ4v) is 2.09. The van der Waals surface area contributed by atoms with Gasteiger partial charge in [0.05, 0.1) is 6.10 Å². The van der Waals surface area contributed by atoms with Crippen molar-refractivity contribution in [3.8, 4) is 0 Å². The zero-order valence-electron chi connectivity index (χ0n) is 10.8. The first-order chi connectivity index (χ1) is 8.86. The largest absolute Gasteiger partial charge is 0.391 e. The summed E-state index contributed by atoms with van der Waals surface area (Å²) in [6.07, 6.45) is 1.12. The number of carbonyl (C=O) groups is 3. The number of likely N-dealkylation sites (tertiary alicyclic amines) is 1. The molecule has 0 radical (unpaired) electrons. The molecule has 7 nitrogen and oxygen atoms in total. The highest BCUT2D eigenvalue weighted by molar-refractivity contribution is 5.91. The molecule has 3 amide bonds. The van der Waals surface area contributed by atoms with Gasteiger partial charge in [0.25, 0.3) is 0 Å². The lowest BCUT2D eigenvalue weighted by molar-refractivity contribution is -0.137. The van der Waals surface area contributed by atoms with Crippen LogP contribution in [0.25, 0.3) is 0 Å². The number of amides is 3. The molecular formula is C12H19N3O4. The first-order valence-corrected chi connectivity index (χ1v) is 6.02. The highest BCUT2D eigenvalue weighted by atomic mass is 16.3. The molecule has 0 spiro atoms. The van der Waals surface area contributed by atoms with Gasteiger partial charge in [-0.2, -0.15) is 0 Å². The minimum atomic E-state index is -0.850. The van der Waals surface area contributed by atoms with E-state index in [0.29, 0.717) is 0 Å². The van der Waals surface area contributed by atoms with Gasteiger partial charge >= 0.3 is 0 Å². The Hall–Kier alpha value is -1.89. The second kappa shape index (κ2) is 6.33. The molecule has 0 aromatic carbocycles. The summed E-state index contributed by atoms with van der Waals surface area (Å²) in [6, 6.07) is -1.62. The molecule has 0 saturated carbocycles. The number of aliphatic hydroxyl groups is 1. The lowest BCUT2D eigenvalue weighted by Crippen LogP contribution is -2.51. The van der Waals surface area contributed by atoms with E-state index < -0.39 is 30.0 Å². The Balaban J connectivity index is 2.73. The van der Waals surface area contributed by atoms with E-state index in [2.05, 4.69) is 11.9 Å². The van der Waals surface area contributed by atoms with Crippen LogP contribution in [0.1, 0.15) is 19.8 Å². The molecule has 7 heteroatoms. The van der Waals surface area contributed by atoms with Gasteiger partial charge in [-0.1, -0.05) is 6.08 Å². The summed E-state index contributed by atoms with van der Waals surface area (Å²) >= 11 is 0. The van der Waals surface area contributed by atoms with Crippen LogP contribution in [0.5, 0.6) is 0 Å². The number of hydrogen-bond donors (Lipinski definition) is 3. The van der Waals surface area contributed by atoms with Gasteiger partial charge in [0.1, 0.15) is 12.1 Å². The average Bonchev–Trinajstić information content (AvgIpc) is 2.70. The smallest absolute Gasteiger partial charge is 0.243 e. The molecule has 1 aliphatic rings. The van der Waals surface area contributed by atoms with Crippen molar-refractivity contribution in [1.82, 2.24) is 10.2 Å². The van der Waals surface area contributed by atoms with Crippen molar-refractivity contribution in [2.75, 3.05) is 6.54 Å². The summed E-state index contributed by atoms with van der Waals surface area (Å²) in [5.74, 6) is -1.45. The number of hydrogen-bond acceptors (Lipinski definition) is 4. The number of β-amino-alcohol motifs (C(OH)–C–C–N with tert-alkyl or cyclic N) is 1. The van der Waals surface area contributed by atoms with Crippen molar-refractivity contribution in [2.24, 2.45) is 5.73 Å². The highest BCUT2D eigenvalue weighted by Gasteiger charge is 2.38. The Bertz CT molecular complexity index is 396. The fourth-order valence-electron chi connectivity index (χ4n) is 2.09. The summed E-state index contributed by atoms with van der Waals surface area (Å²) in [5, 5.41) is 12.0. The van der Waals surface area contributed by atoms with Gasteiger partial charge in [0, 0.05) is 19.9 Å². The summed E-state index contributed by atoms with van der Waals surface area (Å²) in [6.45, 7) is 4.93. The van der Waals surface area contributed by atoms with E-state index in [4.69, 9.17) is 5.73 Å². The number of aliphatic hydroxyl groups excluding tert-OH is 1. The first-order valence-electron chi connectivity index (χ1n) is 6.02. The Morgan fingerprint density at radius 3 is 2.68 bits per heavy atom. The normalized spacial score (nSPS) is 23.8. The van der Waals surface area contributed by atoms with E-state index in [-0.39, 0.29) is 25.3 Å². The van der Waals surface area contributed by atoms with Crippen molar-refractivity contribution >= 4 is 17.7 Å². The third-order valence-electron chi connectivity index (χ3n) is 3.05. The summed E-state index contributed by atoms with van der Waals surface area (Å²) in [7, 11) is 0. The monoisotopic (exact) mass is 269 g/mol. The maximum atomic E-state index is 12.0. The molecule has 1 fully saturated rings. The number of rotatable bonds is 5. The molecule has 0 bridgehead atoms. The van der Waals surface area contributed by atoms with Gasteiger partial charge < -0.3 is 21.1 Å². The zero-order valence-corrected chi connectivity index (χ0v) is 10.8. The van der Waals surface area contributed by atoms with E-state index in [1.165, 1.54) is 17.9 Å². The number of nitrogens with two attached hydrogens (primary N) is 1. The van der Waals surface area contributed by atoms with Crippen LogP contribution < -0.4 is 11.1 Å². The SMILES string of the molecule is C=CC[C@@H](NC(=O)[C@@H]1C[C@@H](O)CN1C(C)=O)C(N)=O. The first kappa shape index (κ1) is 15.2. The van der Waals surface area contributed by atoms with Crippen LogP contribution in [-0.4, -0.2) is 52.5 Å². The predicted octanol–water partition coefficient (Wildman–Crippen LogP) is -1.49. The molecule has 4 N–H and O–H groups in total. The minimum absolute atomic E-state index is 0.121. The van der Waals surface area contributed by atoms with E-state index in [1.54, 1.807) is 0 Å². The summed E-state index contributed by atoms with van der Waals surface area (Å²) < 4.78 is 0. The lowest BCUT2D eigenvalue weighted by atomic mass is 10.1. The Morgan fingerprint density at radius 2 is 2.21 bits per heavy atom. The molecule has 0 aliphatic carbocycles. The van der Waals surface area contributed by atoms with Gasteiger partial charge in [0.15, 0.2) is 0 Å². The van der Waals surface area contributed by atoms with E-state index in [1.807, 2.05) is 0 Å². The predicted molar refractivity (Wildman–Crippen MR) is 67.7 cm³/mol. The second-order valence-corrected chi connectivity index (χ2v) is 4.56. The maximum Gasteiger partial charge on any atom is 0.243 e. The third kappa shape index (κ3) is 3.78. The fraction of sp³-hybridized carbons (Fsp3) is 0.583. The van der Waals surface area contributed by atoms with Crippen LogP contribution in [0.3, 0.4) is 0 Å². The number of nitrogens with zero attached hydrogens (tertiary/aromatic N) is 1. The summed E-state index contributed by atoms with van der Waals surface area (Å²) in [5.41, 5.74) is 5.16.